The van der Waals surface area contributed by atoms with Crippen LogP contribution in [0.1, 0.15) is 30.9 Å². The molecule has 0 radical (unpaired) electrons. The van der Waals surface area contributed by atoms with Gasteiger partial charge >= 0.3 is 5.97 Å². The van der Waals surface area contributed by atoms with Crippen molar-refractivity contribution in [1.82, 2.24) is 0 Å². The molecule has 0 saturated heterocycles. The Morgan fingerprint density at radius 3 is 2.42 bits per heavy atom. The first-order valence-electron chi connectivity index (χ1n) is 7.96. The maximum absolute atomic E-state index is 12.1. The van der Waals surface area contributed by atoms with Crippen molar-refractivity contribution in [3.05, 3.63) is 65.7 Å². The Kier molecular flexibility index (Phi) is 5.16. The van der Waals surface area contributed by atoms with Gasteiger partial charge in [-0.2, -0.15) is 0 Å². The zero-order valence-corrected chi connectivity index (χ0v) is 14.3. The number of cyclic esters (lactones) is 1. The average Bonchev–Trinajstić information content (AvgIpc) is 2.98. The van der Waals surface area contributed by atoms with Gasteiger partial charge in [0, 0.05) is 16.9 Å². The zero-order chi connectivity index (χ0) is 16.9. The van der Waals surface area contributed by atoms with E-state index in [4.69, 9.17) is 4.74 Å². The van der Waals surface area contributed by atoms with Gasteiger partial charge in [0.2, 0.25) is 0 Å². The fourth-order valence-electron chi connectivity index (χ4n) is 2.64. The maximum atomic E-state index is 12.1. The van der Waals surface area contributed by atoms with E-state index in [1.807, 2.05) is 61.5 Å². The molecule has 0 unspecified atom stereocenters. The molecule has 0 atom stereocenters. The third-order valence-electron chi connectivity index (χ3n) is 3.80. The normalized spacial score (nSPS) is 14.0. The Hall–Kier alpha value is -2.33. The first-order valence-corrected chi connectivity index (χ1v) is 8.77. The Labute approximate surface area is 145 Å². The van der Waals surface area contributed by atoms with Gasteiger partial charge in [0.05, 0.1) is 5.57 Å². The van der Waals surface area contributed by atoms with Gasteiger partial charge in [-0.05, 0) is 29.7 Å². The highest BCUT2D eigenvalue weighted by Gasteiger charge is 2.26. The van der Waals surface area contributed by atoms with Crippen LogP contribution in [0.15, 0.2) is 59.5 Å². The Morgan fingerprint density at radius 2 is 1.75 bits per heavy atom. The summed E-state index contributed by atoms with van der Waals surface area (Å²) in [5.41, 5.74) is 3.33. The maximum Gasteiger partial charge on any atom is 0.339 e. The summed E-state index contributed by atoms with van der Waals surface area (Å²) in [4.78, 5) is 24.8. The van der Waals surface area contributed by atoms with Crippen LogP contribution in [0, 0.1) is 0 Å². The third-order valence-corrected chi connectivity index (χ3v) is 4.74. The van der Waals surface area contributed by atoms with E-state index < -0.39 is 0 Å². The van der Waals surface area contributed by atoms with Crippen LogP contribution >= 0.6 is 11.8 Å². The minimum Gasteiger partial charge on any atom is -0.457 e. The predicted molar refractivity (Wildman–Crippen MR) is 96.4 cm³/mol. The quantitative estimate of drug-likeness (QED) is 0.591. The lowest BCUT2D eigenvalue weighted by Gasteiger charge is -2.06. The van der Waals surface area contributed by atoms with E-state index >= 15 is 0 Å². The molecular formula is C20H18O3S. The van der Waals surface area contributed by atoms with Crippen molar-refractivity contribution in [3.8, 4) is 0 Å². The molecule has 1 heterocycles. The van der Waals surface area contributed by atoms with Crippen LogP contribution in [0.5, 0.6) is 0 Å². The van der Waals surface area contributed by atoms with Gasteiger partial charge < -0.3 is 4.74 Å². The number of ether oxygens (including phenoxy) is 1. The van der Waals surface area contributed by atoms with E-state index in [0.29, 0.717) is 12.0 Å². The van der Waals surface area contributed by atoms with Gasteiger partial charge in [0.1, 0.15) is 6.61 Å². The molecule has 0 aromatic heterocycles. The van der Waals surface area contributed by atoms with Gasteiger partial charge in [0.15, 0.2) is 5.12 Å². The number of benzene rings is 2. The molecule has 0 N–H and O–H groups in total. The van der Waals surface area contributed by atoms with Crippen LogP contribution in [0.2, 0.25) is 0 Å². The van der Waals surface area contributed by atoms with Crippen LogP contribution in [-0.4, -0.2) is 17.7 Å². The van der Waals surface area contributed by atoms with Crippen LogP contribution in [0.4, 0.5) is 0 Å². The summed E-state index contributed by atoms with van der Waals surface area (Å²) in [7, 11) is 0. The van der Waals surface area contributed by atoms with E-state index in [-0.39, 0.29) is 17.7 Å². The van der Waals surface area contributed by atoms with Gasteiger partial charge in [-0.25, -0.2) is 4.79 Å². The first-order chi connectivity index (χ1) is 11.7. The largest absolute Gasteiger partial charge is 0.457 e. The number of rotatable bonds is 5. The lowest BCUT2D eigenvalue weighted by atomic mass is 9.97. The molecule has 0 aliphatic carbocycles. The van der Waals surface area contributed by atoms with Crippen LogP contribution in [0.25, 0.3) is 11.1 Å². The number of thioether (sulfide) groups is 1. The summed E-state index contributed by atoms with van der Waals surface area (Å²) >= 11 is 1.26. The lowest BCUT2D eigenvalue weighted by Crippen LogP contribution is -1.98. The number of carbonyl (C=O) groups excluding carboxylic acids is 2. The minimum atomic E-state index is -0.284. The zero-order valence-electron chi connectivity index (χ0n) is 13.5. The van der Waals surface area contributed by atoms with Gasteiger partial charge in [-0.15, -0.1) is 0 Å². The van der Waals surface area contributed by atoms with Crippen molar-refractivity contribution < 1.29 is 14.3 Å². The number of esters is 1. The monoisotopic (exact) mass is 338 g/mol. The van der Waals surface area contributed by atoms with Crippen molar-refractivity contribution in [2.45, 2.75) is 24.7 Å². The van der Waals surface area contributed by atoms with Crippen LogP contribution in [0.3, 0.4) is 0 Å². The molecule has 3 nitrogen and oxygen atoms in total. The Morgan fingerprint density at radius 1 is 1.04 bits per heavy atom. The standard InChI is InChI=1S/C20H18O3S/c1-2-6-18(21)24-16-11-9-14(10-12-16)17-13-23-20(22)19(17)15-7-4-3-5-8-15/h3-5,7-12H,2,6,13H2,1H3. The smallest absolute Gasteiger partial charge is 0.339 e. The van der Waals surface area contributed by atoms with Crippen molar-refractivity contribution >= 4 is 34.0 Å². The molecule has 122 valence electrons. The van der Waals surface area contributed by atoms with E-state index in [0.717, 1.165) is 28.0 Å². The molecule has 0 fully saturated rings. The molecule has 3 rings (SSSR count). The SMILES string of the molecule is CCCC(=O)Sc1ccc(C2=C(c3ccccc3)C(=O)OC2)cc1. The Balaban J connectivity index is 1.88. The molecule has 4 heteroatoms. The van der Waals surface area contributed by atoms with Gasteiger partial charge in [0.25, 0.3) is 0 Å². The number of carbonyl (C=O) groups is 2. The molecular weight excluding hydrogens is 320 g/mol. The van der Waals surface area contributed by atoms with Crippen LogP contribution in [-0.2, 0) is 14.3 Å². The second-order valence-electron chi connectivity index (χ2n) is 5.54. The Bertz CT molecular complexity index is 776. The predicted octanol–water partition coefficient (Wildman–Crippen LogP) is 4.57. The number of hydrogen-bond donors (Lipinski definition) is 0. The molecule has 1 aliphatic rings. The molecule has 0 bridgehead atoms. The molecule has 2 aromatic rings. The van der Waals surface area contributed by atoms with Crippen molar-refractivity contribution in [1.29, 1.82) is 0 Å². The van der Waals surface area contributed by atoms with E-state index in [1.165, 1.54) is 11.8 Å². The van der Waals surface area contributed by atoms with Crippen molar-refractivity contribution in [2.24, 2.45) is 0 Å². The first kappa shape index (κ1) is 16.5. The lowest BCUT2D eigenvalue weighted by molar-refractivity contribution is -0.133. The highest BCUT2D eigenvalue weighted by Crippen LogP contribution is 2.33. The molecule has 0 saturated carbocycles. The summed E-state index contributed by atoms with van der Waals surface area (Å²) in [5.74, 6) is -0.284. The van der Waals surface area contributed by atoms with E-state index in [1.54, 1.807) is 0 Å². The van der Waals surface area contributed by atoms with E-state index in [9.17, 15) is 9.59 Å². The third kappa shape index (κ3) is 3.60. The molecule has 24 heavy (non-hydrogen) atoms. The second kappa shape index (κ2) is 7.49. The number of hydrogen-bond acceptors (Lipinski definition) is 4. The fraction of sp³-hybridized carbons (Fsp3) is 0.200. The second-order valence-corrected chi connectivity index (χ2v) is 6.68. The van der Waals surface area contributed by atoms with Crippen molar-refractivity contribution in [3.63, 3.8) is 0 Å². The summed E-state index contributed by atoms with van der Waals surface area (Å²) in [5, 5.41) is 0.175. The fourth-order valence-corrected chi connectivity index (χ4v) is 3.48. The summed E-state index contributed by atoms with van der Waals surface area (Å²) in [6.45, 7) is 2.28. The molecule has 0 amide bonds. The van der Waals surface area contributed by atoms with Gasteiger partial charge in [-0.1, -0.05) is 61.2 Å². The van der Waals surface area contributed by atoms with Gasteiger partial charge in [-0.3, -0.25) is 4.79 Å². The highest BCUT2D eigenvalue weighted by atomic mass is 32.2. The molecule has 1 aliphatic heterocycles. The minimum absolute atomic E-state index is 0.175. The van der Waals surface area contributed by atoms with Crippen LogP contribution < -0.4 is 0 Å². The highest BCUT2D eigenvalue weighted by molar-refractivity contribution is 8.13. The summed E-state index contributed by atoms with van der Waals surface area (Å²) < 4.78 is 5.24. The average molecular weight is 338 g/mol. The van der Waals surface area contributed by atoms with E-state index in [2.05, 4.69) is 0 Å². The molecule has 0 spiro atoms. The van der Waals surface area contributed by atoms with Crippen molar-refractivity contribution in [2.75, 3.05) is 6.61 Å². The molecule has 2 aromatic carbocycles. The summed E-state index contributed by atoms with van der Waals surface area (Å²) in [6, 6.07) is 17.3. The topological polar surface area (TPSA) is 43.4 Å². The summed E-state index contributed by atoms with van der Waals surface area (Å²) in [6.07, 6.45) is 1.44.